The molecule has 26 heavy (non-hydrogen) atoms. The van der Waals surface area contributed by atoms with Crippen molar-refractivity contribution < 1.29 is 27.1 Å². The van der Waals surface area contributed by atoms with Gasteiger partial charge in [-0.1, -0.05) is 0 Å². The molecule has 0 radical (unpaired) electrons. The average Bonchev–Trinajstić information content (AvgIpc) is 2.79. The van der Waals surface area contributed by atoms with Crippen molar-refractivity contribution in [3.63, 3.8) is 0 Å². The van der Waals surface area contributed by atoms with Crippen LogP contribution in [0.15, 0.2) is 47.4 Å². The van der Waals surface area contributed by atoms with Gasteiger partial charge in [0.1, 0.15) is 5.82 Å². The summed E-state index contributed by atoms with van der Waals surface area (Å²) < 4.78 is 45.2. The summed E-state index contributed by atoms with van der Waals surface area (Å²) in [5.74, 6) is -1.58. The minimum Gasteiger partial charge on any atom is -0.465 e. The molecule has 1 heterocycles. The number of hydrogen-bond donors (Lipinski definition) is 1. The van der Waals surface area contributed by atoms with Crippen LogP contribution in [-0.2, 0) is 19.6 Å². The highest BCUT2D eigenvalue weighted by atomic mass is 32.2. The Morgan fingerprint density at radius 1 is 1.19 bits per heavy atom. The molecule has 3 rings (SSSR count). The van der Waals surface area contributed by atoms with Gasteiger partial charge >= 0.3 is 5.97 Å². The van der Waals surface area contributed by atoms with Crippen LogP contribution in [0.25, 0.3) is 0 Å². The van der Waals surface area contributed by atoms with Gasteiger partial charge in [0.2, 0.25) is 5.91 Å². The fourth-order valence-corrected chi connectivity index (χ4v) is 4.10. The van der Waals surface area contributed by atoms with E-state index < -0.39 is 27.7 Å². The van der Waals surface area contributed by atoms with Crippen molar-refractivity contribution in [3.8, 4) is 0 Å². The van der Waals surface area contributed by atoms with E-state index in [4.69, 9.17) is 0 Å². The first-order valence-corrected chi connectivity index (χ1v) is 9.07. The molecule has 7 nitrogen and oxygen atoms in total. The Kier molecular flexibility index (Phi) is 4.64. The summed E-state index contributed by atoms with van der Waals surface area (Å²) in [7, 11) is -2.79. The van der Waals surface area contributed by atoms with Crippen LogP contribution in [0.4, 0.5) is 15.8 Å². The summed E-state index contributed by atoms with van der Waals surface area (Å²) in [6.07, 6.45) is -0.0736. The van der Waals surface area contributed by atoms with Gasteiger partial charge in [-0.15, -0.1) is 0 Å². The molecule has 0 atom stereocenters. The zero-order valence-electron chi connectivity index (χ0n) is 13.7. The van der Waals surface area contributed by atoms with Crippen molar-refractivity contribution >= 4 is 33.3 Å². The quantitative estimate of drug-likeness (QED) is 0.826. The molecule has 0 saturated carbocycles. The smallest absolute Gasteiger partial charge is 0.337 e. The molecule has 0 aromatic heterocycles. The summed E-state index contributed by atoms with van der Waals surface area (Å²) in [5.41, 5.74) is 0.471. The molecule has 1 aliphatic rings. The zero-order valence-corrected chi connectivity index (χ0v) is 14.5. The number of benzene rings is 2. The molecule has 0 spiro atoms. The SMILES string of the molecule is COC(=O)c1ccc(S(=O)(=O)N2CCC(=O)Nc3cc(F)ccc32)cc1. The van der Waals surface area contributed by atoms with Crippen LogP contribution >= 0.6 is 0 Å². The van der Waals surface area contributed by atoms with Crippen molar-refractivity contribution in [1.82, 2.24) is 0 Å². The van der Waals surface area contributed by atoms with E-state index in [0.29, 0.717) is 0 Å². The summed E-state index contributed by atoms with van der Waals surface area (Å²) in [4.78, 5) is 23.2. The molecule has 0 aliphatic carbocycles. The van der Waals surface area contributed by atoms with Crippen LogP contribution in [0.3, 0.4) is 0 Å². The van der Waals surface area contributed by atoms with Crippen molar-refractivity contribution in [2.24, 2.45) is 0 Å². The topological polar surface area (TPSA) is 92.8 Å². The third-order valence-corrected chi connectivity index (χ3v) is 5.73. The Morgan fingerprint density at radius 3 is 2.54 bits per heavy atom. The van der Waals surface area contributed by atoms with E-state index in [2.05, 4.69) is 10.1 Å². The lowest BCUT2D eigenvalue weighted by Gasteiger charge is -2.24. The summed E-state index contributed by atoms with van der Waals surface area (Å²) in [5, 5.41) is 2.50. The first kappa shape index (κ1) is 17.9. The number of ether oxygens (including phenoxy) is 1. The second-order valence-corrected chi connectivity index (χ2v) is 7.42. The monoisotopic (exact) mass is 378 g/mol. The van der Waals surface area contributed by atoms with Gasteiger partial charge in [0.25, 0.3) is 10.0 Å². The van der Waals surface area contributed by atoms with Crippen molar-refractivity contribution in [1.29, 1.82) is 0 Å². The van der Waals surface area contributed by atoms with Gasteiger partial charge in [-0.3, -0.25) is 9.10 Å². The lowest BCUT2D eigenvalue weighted by molar-refractivity contribution is -0.115. The van der Waals surface area contributed by atoms with E-state index in [1.807, 2.05) is 0 Å². The van der Waals surface area contributed by atoms with Crippen LogP contribution in [-0.4, -0.2) is 33.9 Å². The lowest BCUT2D eigenvalue weighted by atomic mass is 10.2. The number of anilines is 2. The third kappa shape index (κ3) is 3.25. The number of carbonyl (C=O) groups excluding carboxylic acids is 2. The number of amides is 1. The van der Waals surface area contributed by atoms with E-state index in [0.717, 1.165) is 16.4 Å². The van der Waals surface area contributed by atoms with E-state index >= 15 is 0 Å². The van der Waals surface area contributed by atoms with Crippen LogP contribution in [0.2, 0.25) is 0 Å². The number of nitrogens with one attached hydrogen (secondary N) is 1. The summed E-state index contributed by atoms with van der Waals surface area (Å²) in [6, 6.07) is 8.74. The normalized spacial score (nSPS) is 14.2. The van der Waals surface area contributed by atoms with Crippen LogP contribution in [0, 0.1) is 5.82 Å². The number of fused-ring (bicyclic) bond motifs is 1. The van der Waals surface area contributed by atoms with Crippen molar-refractivity contribution in [2.75, 3.05) is 23.3 Å². The molecule has 1 N–H and O–H groups in total. The minimum absolute atomic E-state index is 0.0604. The predicted octanol–water partition coefficient (Wildman–Crippen LogP) is 2.15. The van der Waals surface area contributed by atoms with E-state index in [1.165, 1.54) is 37.4 Å². The second-order valence-electron chi connectivity index (χ2n) is 5.55. The molecule has 9 heteroatoms. The number of rotatable bonds is 3. The minimum atomic E-state index is -4.02. The Hall–Kier alpha value is -2.94. The number of esters is 1. The number of nitrogens with zero attached hydrogens (tertiary/aromatic N) is 1. The summed E-state index contributed by atoms with van der Waals surface area (Å²) >= 11 is 0. The largest absolute Gasteiger partial charge is 0.465 e. The highest BCUT2D eigenvalue weighted by molar-refractivity contribution is 7.92. The Balaban J connectivity index is 2.04. The van der Waals surface area contributed by atoms with Crippen molar-refractivity contribution in [3.05, 3.63) is 53.8 Å². The Bertz CT molecular complexity index is 973. The van der Waals surface area contributed by atoms with Crippen molar-refractivity contribution in [2.45, 2.75) is 11.3 Å². The van der Waals surface area contributed by atoms with Gasteiger partial charge in [-0.25, -0.2) is 17.6 Å². The molecule has 0 saturated heterocycles. The Morgan fingerprint density at radius 2 is 1.88 bits per heavy atom. The first-order valence-electron chi connectivity index (χ1n) is 7.63. The van der Waals surface area contributed by atoms with Gasteiger partial charge in [-0.2, -0.15) is 0 Å². The van der Waals surface area contributed by atoms with Crippen LogP contribution < -0.4 is 9.62 Å². The number of hydrogen-bond acceptors (Lipinski definition) is 5. The molecule has 0 fully saturated rings. The van der Waals surface area contributed by atoms with Gasteiger partial charge in [0.15, 0.2) is 0 Å². The maximum absolute atomic E-state index is 13.5. The first-order chi connectivity index (χ1) is 12.3. The second kappa shape index (κ2) is 6.75. The molecular weight excluding hydrogens is 363 g/mol. The fraction of sp³-hybridized carbons (Fsp3) is 0.176. The lowest BCUT2D eigenvalue weighted by Crippen LogP contribution is -2.32. The van der Waals surface area contributed by atoms with E-state index in [-0.39, 0.29) is 34.8 Å². The number of carbonyl (C=O) groups is 2. The maximum Gasteiger partial charge on any atom is 0.337 e. The average molecular weight is 378 g/mol. The molecule has 0 bridgehead atoms. The predicted molar refractivity (Wildman–Crippen MR) is 92.0 cm³/mol. The Labute approximate surface area is 149 Å². The molecule has 2 aromatic carbocycles. The van der Waals surface area contributed by atoms with Gasteiger partial charge in [0, 0.05) is 13.0 Å². The number of methoxy groups -OCH3 is 1. The van der Waals surface area contributed by atoms with E-state index in [9.17, 15) is 22.4 Å². The number of sulfonamides is 1. The molecule has 1 aliphatic heterocycles. The highest BCUT2D eigenvalue weighted by Crippen LogP contribution is 2.33. The molecular formula is C17H15FN2O5S. The van der Waals surface area contributed by atoms with Gasteiger partial charge in [0.05, 0.1) is 28.9 Å². The van der Waals surface area contributed by atoms with Crippen LogP contribution in [0.5, 0.6) is 0 Å². The molecule has 136 valence electrons. The summed E-state index contributed by atoms with van der Waals surface area (Å²) in [6.45, 7) is -0.0917. The third-order valence-electron chi connectivity index (χ3n) is 3.91. The molecule has 0 unspecified atom stereocenters. The zero-order chi connectivity index (χ0) is 18.9. The van der Waals surface area contributed by atoms with Gasteiger partial charge < -0.3 is 10.1 Å². The molecule has 1 amide bonds. The van der Waals surface area contributed by atoms with E-state index in [1.54, 1.807) is 0 Å². The van der Waals surface area contributed by atoms with Crippen LogP contribution in [0.1, 0.15) is 16.8 Å². The standard InChI is InChI=1S/C17H15FN2O5S/c1-25-17(22)11-2-5-13(6-3-11)26(23,24)20-9-8-16(21)19-14-10-12(18)4-7-15(14)20/h2-7,10H,8-9H2,1H3,(H,19,21). The fourth-order valence-electron chi connectivity index (χ4n) is 2.62. The number of halogens is 1. The highest BCUT2D eigenvalue weighted by Gasteiger charge is 2.30. The molecule has 2 aromatic rings. The van der Waals surface area contributed by atoms with Gasteiger partial charge in [-0.05, 0) is 42.5 Å². The maximum atomic E-state index is 13.5.